The molecule has 4 nitrogen and oxygen atoms in total. The van der Waals surface area contributed by atoms with Crippen molar-refractivity contribution in [2.24, 2.45) is 5.92 Å². The van der Waals surface area contributed by atoms with Gasteiger partial charge in [-0.2, -0.15) is 0 Å². The van der Waals surface area contributed by atoms with Gasteiger partial charge in [0.2, 0.25) is 5.91 Å². The molecular weight excluding hydrogens is 300 g/mol. The molecule has 2 aliphatic rings. The summed E-state index contributed by atoms with van der Waals surface area (Å²) in [5.74, 6) is 0.815. The standard InChI is InChI=1S/C20H28N2O2/c1-12(2)22-13(3)10-18-19-14(8-9-21-20(18)24)4-5-15-11-16(23)6-7-17(15)19/h6-7,11-14,22-23H,4-5,8-10H2,1-3H3,(H,21,24). The molecule has 0 bridgehead atoms. The highest BCUT2D eigenvalue weighted by atomic mass is 16.3. The van der Waals surface area contributed by atoms with E-state index < -0.39 is 0 Å². The molecule has 0 aromatic heterocycles. The molecule has 24 heavy (non-hydrogen) atoms. The van der Waals surface area contributed by atoms with Gasteiger partial charge in [0, 0.05) is 24.2 Å². The van der Waals surface area contributed by atoms with Crippen LogP contribution in [0.4, 0.5) is 0 Å². The largest absolute Gasteiger partial charge is 0.508 e. The number of carbonyl (C=O) groups excluding carboxylic acids is 1. The Bertz CT molecular complexity index is 664. The number of fused-ring (bicyclic) bond motifs is 3. The summed E-state index contributed by atoms with van der Waals surface area (Å²) in [4.78, 5) is 12.7. The number of benzene rings is 1. The molecule has 2 atom stereocenters. The number of amides is 1. The summed E-state index contributed by atoms with van der Waals surface area (Å²) in [6.07, 6.45) is 3.75. The van der Waals surface area contributed by atoms with Gasteiger partial charge in [0.15, 0.2) is 0 Å². The van der Waals surface area contributed by atoms with Crippen LogP contribution in [0.3, 0.4) is 0 Å². The zero-order chi connectivity index (χ0) is 17.3. The van der Waals surface area contributed by atoms with E-state index in [1.807, 2.05) is 12.1 Å². The smallest absolute Gasteiger partial charge is 0.247 e. The fraction of sp³-hybridized carbons (Fsp3) is 0.550. The summed E-state index contributed by atoms with van der Waals surface area (Å²) in [5, 5.41) is 16.4. The van der Waals surface area contributed by atoms with Gasteiger partial charge in [0.1, 0.15) is 5.75 Å². The molecule has 1 heterocycles. The molecular formula is C20H28N2O2. The first-order valence-electron chi connectivity index (χ1n) is 9.05. The van der Waals surface area contributed by atoms with Crippen molar-refractivity contribution in [1.82, 2.24) is 10.6 Å². The van der Waals surface area contributed by atoms with E-state index in [0.717, 1.165) is 48.9 Å². The average Bonchev–Trinajstić information content (AvgIpc) is 2.66. The van der Waals surface area contributed by atoms with Crippen LogP contribution < -0.4 is 10.6 Å². The lowest BCUT2D eigenvalue weighted by atomic mass is 9.75. The lowest BCUT2D eigenvalue weighted by molar-refractivity contribution is -0.117. The molecule has 1 aromatic carbocycles. The van der Waals surface area contributed by atoms with Gasteiger partial charge in [-0.15, -0.1) is 0 Å². The summed E-state index contributed by atoms with van der Waals surface area (Å²) in [6.45, 7) is 7.14. The van der Waals surface area contributed by atoms with E-state index in [1.165, 1.54) is 5.57 Å². The van der Waals surface area contributed by atoms with Gasteiger partial charge in [0.05, 0.1) is 0 Å². The number of aromatic hydroxyl groups is 1. The Morgan fingerprint density at radius 3 is 2.83 bits per heavy atom. The number of nitrogens with one attached hydrogen (secondary N) is 2. The monoisotopic (exact) mass is 328 g/mol. The molecule has 1 aromatic rings. The van der Waals surface area contributed by atoms with E-state index in [0.29, 0.717) is 17.7 Å². The molecule has 0 radical (unpaired) electrons. The van der Waals surface area contributed by atoms with Crippen LogP contribution in [0.5, 0.6) is 5.75 Å². The van der Waals surface area contributed by atoms with Gasteiger partial charge in [-0.25, -0.2) is 0 Å². The summed E-state index contributed by atoms with van der Waals surface area (Å²) in [7, 11) is 0. The van der Waals surface area contributed by atoms with Crippen LogP contribution in [0, 0.1) is 5.92 Å². The third-order valence-corrected chi connectivity index (χ3v) is 5.06. The van der Waals surface area contributed by atoms with Crippen LogP contribution in [-0.2, 0) is 11.2 Å². The lowest BCUT2D eigenvalue weighted by Gasteiger charge is -2.29. The normalized spacial score (nSPS) is 21.8. The Balaban J connectivity index is 2.05. The summed E-state index contributed by atoms with van der Waals surface area (Å²) in [5.41, 5.74) is 4.46. The van der Waals surface area contributed by atoms with Crippen molar-refractivity contribution in [1.29, 1.82) is 0 Å². The number of phenolic OH excluding ortho intramolecular Hbond substituents is 1. The first-order valence-corrected chi connectivity index (χ1v) is 9.05. The van der Waals surface area contributed by atoms with Gasteiger partial charge in [-0.1, -0.05) is 19.9 Å². The first-order chi connectivity index (χ1) is 11.5. The second kappa shape index (κ2) is 6.98. The quantitative estimate of drug-likeness (QED) is 0.796. The Labute approximate surface area is 144 Å². The number of allylic oxidation sites excluding steroid dienone is 1. The predicted octanol–water partition coefficient (Wildman–Crippen LogP) is 3.00. The molecule has 3 N–H and O–H groups in total. The molecule has 0 saturated carbocycles. The molecule has 1 amide bonds. The van der Waals surface area contributed by atoms with Gasteiger partial charge in [-0.3, -0.25) is 4.79 Å². The van der Waals surface area contributed by atoms with Crippen molar-refractivity contribution in [3.05, 3.63) is 34.9 Å². The Morgan fingerprint density at radius 2 is 2.08 bits per heavy atom. The molecule has 1 aliphatic heterocycles. The van der Waals surface area contributed by atoms with Crippen LogP contribution in [0.25, 0.3) is 5.57 Å². The van der Waals surface area contributed by atoms with Crippen molar-refractivity contribution in [3.8, 4) is 5.75 Å². The number of phenols is 1. The predicted molar refractivity (Wildman–Crippen MR) is 96.8 cm³/mol. The van der Waals surface area contributed by atoms with E-state index in [9.17, 15) is 9.90 Å². The number of hydrogen-bond acceptors (Lipinski definition) is 3. The van der Waals surface area contributed by atoms with E-state index in [2.05, 4.69) is 31.4 Å². The minimum Gasteiger partial charge on any atom is -0.508 e. The minimum absolute atomic E-state index is 0.0748. The highest BCUT2D eigenvalue weighted by Crippen LogP contribution is 2.42. The molecule has 0 saturated heterocycles. The molecule has 0 spiro atoms. The van der Waals surface area contributed by atoms with Crippen molar-refractivity contribution in [2.75, 3.05) is 6.54 Å². The van der Waals surface area contributed by atoms with Gasteiger partial charge >= 0.3 is 0 Å². The van der Waals surface area contributed by atoms with Gasteiger partial charge in [0.25, 0.3) is 0 Å². The number of aryl methyl sites for hydroxylation is 1. The van der Waals surface area contributed by atoms with Crippen molar-refractivity contribution in [3.63, 3.8) is 0 Å². The van der Waals surface area contributed by atoms with E-state index in [1.54, 1.807) is 6.07 Å². The zero-order valence-electron chi connectivity index (χ0n) is 14.9. The van der Waals surface area contributed by atoms with Gasteiger partial charge < -0.3 is 15.7 Å². The highest BCUT2D eigenvalue weighted by molar-refractivity contribution is 6.02. The van der Waals surface area contributed by atoms with Crippen LogP contribution in [0.1, 0.15) is 51.2 Å². The van der Waals surface area contributed by atoms with E-state index in [4.69, 9.17) is 0 Å². The molecule has 0 fully saturated rings. The maximum atomic E-state index is 12.7. The molecule has 2 unspecified atom stereocenters. The minimum atomic E-state index is 0.0748. The first kappa shape index (κ1) is 17.0. The summed E-state index contributed by atoms with van der Waals surface area (Å²) in [6, 6.07) is 6.23. The van der Waals surface area contributed by atoms with Crippen LogP contribution >= 0.6 is 0 Å². The van der Waals surface area contributed by atoms with Crippen LogP contribution in [0.2, 0.25) is 0 Å². The topological polar surface area (TPSA) is 61.4 Å². The van der Waals surface area contributed by atoms with E-state index >= 15 is 0 Å². The SMILES string of the molecule is CC(C)NC(C)CC1=C2c3ccc(O)cc3CCC2CCNC1=O. The average molecular weight is 328 g/mol. The highest BCUT2D eigenvalue weighted by Gasteiger charge is 2.32. The Hall–Kier alpha value is -1.81. The third kappa shape index (κ3) is 3.48. The molecule has 4 heteroatoms. The molecule has 1 aliphatic carbocycles. The second-order valence-corrected chi connectivity index (χ2v) is 7.44. The van der Waals surface area contributed by atoms with E-state index in [-0.39, 0.29) is 11.9 Å². The number of hydrogen-bond donors (Lipinski definition) is 3. The van der Waals surface area contributed by atoms with Gasteiger partial charge in [-0.05, 0) is 67.4 Å². The summed E-state index contributed by atoms with van der Waals surface area (Å²) < 4.78 is 0. The zero-order valence-corrected chi connectivity index (χ0v) is 14.9. The maximum Gasteiger partial charge on any atom is 0.247 e. The number of carbonyl (C=O) groups is 1. The number of rotatable bonds is 4. The maximum absolute atomic E-state index is 12.7. The fourth-order valence-electron chi connectivity index (χ4n) is 4.17. The lowest BCUT2D eigenvalue weighted by Crippen LogP contribution is -2.35. The van der Waals surface area contributed by atoms with Crippen molar-refractivity contribution in [2.45, 2.75) is 58.5 Å². The Kier molecular flexibility index (Phi) is 4.95. The third-order valence-electron chi connectivity index (χ3n) is 5.06. The van der Waals surface area contributed by atoms with Crippen LogP contribution in [-0.4, -0.2) is 29.6 Å². The summed E-state index contributed by atoms with van der Waals surface area (Å²) >= 11 is 0. The van der Waals surface area contributed by atoms with Crippen molar-refractivity contribution >= 4 is 11.5 Å². The Morgan fingerprint density at radius 1 is 1.29 bits per heavy atom. The molecule has 3 rings (SSSR count). The van der Waals surface area contributed by atoms with Crippen molar-refractivity contribution < 1.29 is 9.90 Å². The molecule has 130 valence electrons. The van der Waals surface area contributed by atoms with Crippen LogP contribution in [0.15, 0.2) is 23.8 Å². The fourth-order valence-corrected chi connectivity index (χ4v) is 4.17. The second-order valence-electron chi connectivity index (χ2n) is 7.44.